The van der Waals surface area contributed by atoms with Gasteiger partial charge in [-0.1, -0.05) is 0 Å². The molecular formula is C19H30N3O11P. The van der Waals surface area contributed by atoms with Gasteiger partial charge in [0.15, 0.2) is 12.0 Å². The van der Waals surface area contributed by atoms with Gasteiger partial charge in [0.1, 0.15) is 24.4 Å². The molecule has 2 unspecified atom stereocenters. The highest BCUT2D eigenvalue weighted by Crippen LogP contribution is 2.48. The maximum atomic E-state index is 13.3. The average molecular weight is 507 g/mol. The van der Waals surface area contributed by atoms with E-state index in [1.54, 1.807) is 27.7 Å². The van der Waals surface area contributed by atoms with E-state index in [1.165, 1.54) is 12.3 Å². The van der Waals surface area contributed by atoms with Gasteiger partial charge >= 0.3 is 19.4 Å². The van der Waals surface area contributed by atoms with E-state index < -0.39 is 74.0 Å². The summed E-state index contributed by atoms with van der Waals surface area (Å²) in [5, 5.41) is 11.9. The number of aromatic nitrogens is 2. The molecule has 0 bridgehead atoms. The number of rotatable bonds is 10. The maximum Gasteiger partial charge on any atom is 0.406 e. The molecule has 0 aliphatic carbocycles. The third kappa shape index (κ3) is 6.01. The molecule has 15 heteroatoms. The summed E-state index contributed by atoms with van der Waals surface area (Å²) < 4.78 is 47.8. The minimum Gasteiger partial charge on any atom is -0.468 e. The van der Waals surface area contributed by atoms with E-state index in [0.717, 1.165) is 11.7 Å². The number of H-pyrrole nitrogens is 1. The molecule has 2 saturated heterocycles. The van der Waals surface area contributed by atoms with Gasteiger partial charge in [0.25, 0.3) is 5.56 Å². The van der Waals surface area contributed by atoms with Crippen LogP contribution in [0.1, 0.15) is 33.9 Å². The number of carbonyl (C=O) groups is 1. The molecule has 0 saturated carbocycles. The fourth-order valence-corrected chi connectivity index (χ4v) is 5.36. The second-order valence-corrected chi connectivity index (χ2v) is 10.2. The fourth-order valence-electron chi connectivity index (χ4n) is 3.69. The number of aliphatic hydroxyl groups excluding tert-OH is 1. The molecule has 0 amide bonds. The van der Waals surface area contributed by atoms with Crippen LogP contribution in [-0.2, 0) is 37.4 Å². The molecule has 6 atom stereocenters. The highest BCUT2D eigenvalue weighted by atomic mass is 31.2. The smallest absolute Gasteiger partial charge is 0.406 e. The predicted molar refractivity (Wildman–Crippen MR) is 115 cm³/mol. The lowest BCUT2D eigenvalue weighted by Gasteiger charge is -2.27. The summed E-state index contributed by atoms with van der Waals surface area (Å²) in [5.41, 5.74) is -1.27. The van der Waals surface area contributed by atoms with Gasteiger partial charge in [0.05, 0.1) is 26.4 Å². The first-order valence-corrected chi connectivity index (χ1v) is 12.1. The SMILES string of the molecule is COC(=O)C(CO)NP(=O)(OC[C@H]1O[C@@H](n2ccc(=O)[nH]c2=O)[C@@H]2OC(C)(C)O[C@@H]21)OC(C)C. The van der Waals surface area contributed by atoms with Gasteiger partial charge in [-0.15, -0.1) is 0 Å². The van der Waals surface area contributed by atoms with Crippen molar-refractivity contribution in [2.45, 2.75) is 70.2 Å². The van der Waals surface area contributed by atoms with Gasteiger partial charge in [-0.25, -0.2) is 14.4 Å². The van der Waals surface area contributed by atoms with Crippen LogP contribution in [0.4, 0.5) is 0 Å². The Labute approximate surface area is 195 Å². The molecule has 192 valence electrons. The molecule has 3 rings (SSSR count). The number of carbonyl (C=O) groups excluding carboxylic acids is 1. The van der Waals surface area contributed by atoms with E-state index >= 15 is 0 Å². The topological polar surface area (TPSA) is 177 Å². The number of aromatic amines is 1. The van der Waals surface area contributed by atoms with Crippen LogP contribution in [0.25, 0.3) is 0 Å². The number of hydrogen-bond acceptors (Lipinski definition) is 11. The van der Waals surface area contributed by atoms with Gasteiger partial charge in [-0.05, 0) is 27.7 Å². The number of ether oxygens (including phenoxy) is 4. The highest BCUT2D eigenvalue weighted by Gasteiger charge is 2.56. The molecule has 34 heavy (non-hydrogen) atoms. The summed E-state index contributed by atoms with van der Waals surface area (Å²) >= 11 is 0. The van der Waals surface area contributed by atoms with E-state index in [2.05, 4.69) is 14.8 Å². The van der Waals surface area contributed by atoms with Crippen molar-refractivity contribution in [3.8, 4) is 0 Å². The minimum atomic E-state index is -4.15. The van der Waals surface area contributed by atoms with Gasteiger partial charge in [-0.2, -0.15) is 0 Å². The van der Waals surface area contributed by atoms with Gasteiger partial charge in [0.2, 0.25) is 0 Å². The average Bonchev–Trinajstić information content (AvgIpc) is 3.22. The van der Waals surface area contributed by atoms with Gasteiger partial charge in [-0.3, -0.25) is 28.2 Å². The Morgan fingerprint density at radius 1 is 1.32 bits per heavy atom. The van der Waals surface area contributed by atoms with Crippen LogP contribution in [0, 0.1) is 0 Å². The monoisotopic (exact) mass is 507 g/mol. The highest BCUT2D eigenvalue weighted by molar-refractivity contribution is 7.51. The lowest BCUT2D eigenvalue weighted by molar-refractivity contribution is -0.200. The van der Waals surface area contributed by atoms with Crippen molar-refractivity contribution in [3.05, 3.63) is 33.1 Å². The normalized spacial score (nSPS) is 28.4. The van der Waals surface area contributed by atoms with Gasteiger partial charge < -0.3 is 24.1 Å². The Morgan fingerprint density at radius 3 is 2.59 bits per heavy atom. The lowest BCUT2D eigenvalue weighted by atomic mass is 10.1. The van der Waals surface area contributed by atoms with Crippen LogP contribution in [0.3, 0.4) is 0 Å². The largest absolute Gasteiger partial charge is 0.468 e. The van der Waals surface area contributed by atoms with E-state index in [1.807, 2.05) is 0 Å². The lowest BCUT2D eigenvalue weighted by Crippen LogP contribution is -2.40. The van der Waals surface area contributed by atoms with Crippen LogP contribution in [0.5, 0.6) is 0 Å². The van der Waals surface area contributed by atoms with Crippen LogP contribution in [0.2, 0.25) is 0 Å². The Kier molecular flexibility index (Phi) is 8.15. The number of fused-ring (bicyclic) bond motifs is 1. The first-order valence-electron chi connectivity index (χ1n) is 10.6. The van der Waals surface area contributed by atoms with Crippen molar-refractivity contribution in [1.29, 1.82) is 0 Å². The fraction of sp³-hybridized carbons (Fsp3) is 0.737. The molecule has 2 aliphatic heterocycles. The Balaban J connectivity index is 1.82. The molecule has 2 aliphatic rings. The van der Waals surface area contributed by atoms with Crippen molar-refractivity contribution in [2.24, 2.45) is 0 Å². The van der Waals surface area contributed by atoms with E-state index in [-0.39, 0.29) is 6.61 Å². The Hall–Kier alpha value is -1.90. The van der Waals surface area contributed by atoms with Crippen LogP contribution in [-0.4, -0.2) is 77.2 Å². The van der Waals surface area contributed by atoms with Gasteiger partial charge in [0, 0.05) is 12.3 Å². The third-order valence-electron chi connectivity index (χ3n) is 4.99. The molecule has 3 N–H and O–H groups in total. The van der Waals surface area contributed by atoms with Crippen molar-refractivity contribution >= 4 is 13.7 Å². The number of methoxy groups -OCH3 is 1. The third-order valence-corrected chi connectivity index (χ3v) is 6.81. The number of nitrogens with one attached hydrogen (secondary N) is 2. The predicted octanol–water partition coefficient (Wildman–Crippen LogP) is -0.373. The number of nitrogens with zero attached hydrogens (tertiary/aromatic N) is 1. The molecule has 0 aromatic carbocycles. The molecule has 3 heterocycles. The van der Waals surface area contributed by atoms with E-state index in [0.29, 0.717) is 0 Å². The van der Waals surface area contributed by atoms with Crippen molar-refractivity contribution in [1.82, 2.24) is 14.6 Å². The van der Waals surface area contributed by atoms with E-state index in [9.17, 15) is 24.1 Å². The molecule has 0 radical (unpaired) electrons. The molecule has 2 fully saturated rings. The summed E-state index contributed by atoms with van der Waals surface area (Å²) in [6.07, 6.45) is -2.59. The number of hydrogen-bond donors (Lipinski definition) is 3. The minimum absolute atomic E-state index is 0.342. The standard InChI is InChI=1S/C19H30N3O11P/c1-10(2)33-34(27,21-11(8-23)17(25)28-5)29-9-12-14-15(32-19(3,4)31-14)16(30-12)22-7-6-13(24)20-18(22)26/h6-7,10-12,14-16,23H,8-9H2,1-5H3,(H,21,27)(H,20,24,26)/t11?,12-,14-,15-,16-,34?/m1/s1. The van der Waals surface area contributed by atoms with Crippen LogP contribution in [0.15, 0.2) is 21.9 Å². The second-order valence-electron chi connectivity index (χ2n) is 8.48. The van der Waals surface area contributed by atoms with Crippen molar-refractivity contribution < 1.29 is 42.5 Å². The van der Waals surface area contributed by atoms with Crippen LogP contribution >= 0.6 is 7.75 Å². The zero-order chi connectivity index (χ0) is 25.3. The summed E-state index contributed by atoms with van der Waals surface area (Å²) in [7, 11) is -3.03. The van der Waals surface area contributed by atoms with Crippen molar-refractivity contribution in [3.63, 3.8) is 0 Å². The number of aliphatic hydroxyl groups is 1. The molecule has 0 spiro atoms. The van der Waals surface area contributed by atoms with Crippen LogP contribution < -0.4 is 16.3 Å². The molecule has 1 aromatic heterocycles. The summed E-state index contributed by atoms with van der Waals surface area (Å²) in [5.74, 6) is -1.87. The summed E-state index contributed by atoms with van der Waals surface area (Å²) in [6, 6.07) is -0.189. The first-order chi connectivity index (χ1) is 15.9. The molecular weight excluding hydrogens is 477 g/mol. The Morgan fingerprint density at radius 2 is 2.00 bits per heavy atom. The Bertz CT molecular complexity index is 1040. The van der Waals surface area contributed by atoms with Crippen molar-refractivity contribution in [2.75, 3.05) is 20.3 Å². The second kappa shape index (κ2) is 10.4. The summed E-state index contributed by atoms with van der Waals surface area (Å²) in [4.78, 5) is 37.8. The zero-order valence-corrected chi connectivity index (χ0v) is 20.4. The molecule has 1 aromatic rings. The maximum absolute atomic E-state index is 13.3. The molecule has 14 nitrogen and oxygen atoms in total. The zero-order valence-electron chi connectivity index (χ0n) is 19.5. The van der Waals surface area contributed by atoms with E-state index in [4.69, 9.17) is 23.3 Å². The summed E-state index contributed by atoms with van der Waals surface area (Å²) in [6.45, 7) is 5.54. The quantitative estimate of drug-likeness (QED) is 0.277. The number of esters is 1. The first kappa shape index (κ1) is 26.7.